The van der Waals surface area contributed by atoms with Crippen LogP contribution in [0.2, 0.25) is 0 Å². The summed E-state index contributed by atoms with van der Waals surface area (Å²) in [5.74, 6) is -1.17. The Bertz CT molecular complexity index is 758. The van der Waals surface area contributed by atoms with E-state index in [9.17, 15) is 14.4 Å². The number of rotatable bonds is 11. The van der Waals surface area contributed by atoms with Gasteiger partial charge in [0.25, 0.3) is 0 Å². The van der Waals surface area contributed by atoms with Crippen molar-refractivity contribution in [3.05, 3.63) is 65.7 Å². The van der Waals surface area contributed by atoms with E-state index in [4.69, 9.17) is 19.3 Å². The second-order valence-corrected chi connectivity index (χ2v) is 5.57. The predicted octanol–water partition coefficient (Wildman–Crippen LogP) is 2.02. The zero-order valence-corrected chi connectivity index (χ0v) is 14.6. The molecule has 0 amide bonds. The Kier molecular flexibility index (Phi) is 7.99. The van der Waals surface area contributed by atoms with Gasteiger partial charge < -0.3 is 24.1 Å². The van der Waals surface area contributed by atoms with Gasteiger partial charge in [0.2, 0.25) is 6.29 Å². The molecule has 0 radical (unpaired) electrons. The average Bonchev–Trinajstić information content (AvgIpc) is 2.65. The molecule has 0 spiro atoms. The molecule has 0 saturated heterocycles. The van der Waals surface area contributed by atoms with Crippen LogP contribution in [0, 0.1) is 0 Å². The molecule has 0 aromatic heterocycles. The van der Waals surface area contributed by atoms with Crippen LogP contribution in [0.4, 0.5) is 0 Å². The summed E-state index contributed by atoms with van der Waals surface area (Å²) in [6.07, 6.45) is -0.707. The van der Waals surface area contributed by atoms with E-state index < -0.39 is 18.2 Å². The minimum absolute atomic E-state index is 0.0530. The number of aldehydes is 1. The highest BCUT2D eigenvalue weighted by Crippen LogP contribution is 2.19. The Morgan fingerprint density at radius 2 is 1.70 bits per heavy atom. The first-order valence-electron chi connectivity index (χ1n) is 8.29. The molecule has 7 nitrogen and oxygen atoms in total. The van der Waals surface area contributed by atoms with E-state index in [0.717, 1.165) is 5.56 Å². The van der Waals surface area contributed by atoms with Gasteiger partial charge in [-0.1, -0.05) is 48.5 Å². The molecule has 0 heterocycles. The van der Waals surface area contributed by atoms with Crippen molar-refractivity contribution < 1.29 is 33.7 Å². The van der Waals surface area contributed by atoms with Gasteiger partial charge in [0.15, 0.2) is 6.61 Å². The highest BCUT2D eigenvalue weighted by Gasteiger charge is 2.17. The van der Waals surface area contributed by atoms with Crippen LogP contribution in [-0.2, 0) is 36.7 Å². The molecule has 0 aliphatic rings. The number of carbonyl (C=O) groups excluding carboxylic acids is 2. The molecule has 0 bridgehead atoms. The molecule has 0 fully saturated rings. The van der Waals surface area contributed by atoms with Crippen LogP contribution in [0.25, 0.3) is 0 Å². The third-order valence-corrected chi connectivity index (χ3v) is 3.49. The second-order valence-electron chi connectivity index (χ2n) is 5.57. The van der Waals surface area contributed by atoms with E-state index in [1.807, 2.05) is 18.2 Å². The topological polar surface area (TPSA) is 99.1 Å². The fraction of sp³-hybridized carbons (Fsp3) is 0.250. The summed E-state index contributed by atoms with van der Waals surface area (Å²) in [6.45, 7) is -0.436. The number of hydrogen-bond donors (Lipinski definition) is 1. The zero-order valence-electron chi connectivity index (χ0n) is 14.6. The van der Waals surface area contributed by atoms with E-state index >= 15 is 0 Å². The molecule has 7 heteroatoms. The number of carbonyl (C=O) groups is 3. The highest BCUT2D eigenvalue weighted by molar-refractivity contribution is 5.72. The molecule has 27 heavy (non-hydrogen) atoms. The monoisotopic (exact) mass is 372 g/mol. The third-order valence-electron chi connectivity index (χ3n) is 3.49. The number of aliphatic carboxylic acids is 1. The lowest BCUT2D eigenvalue weighted by atomic mass is 10.1. The van der Waals surface area contributed by atoms with E-state index in [1.54, 1.807) is 36.4 Å². The maximum absolute atomic E-state index is 12.1. The Morgan fingerprint density at radius 3 is 2.41 bits per heavy atom. The SMILES string of the molecule is O=CCOC(COc1ccccc1CC(=O)O)OC(=O)Cc1ccccc1. The maximum atomic E-state index is 12.1. The fourth-order valence-corrected chi connectivity index (χ4v) is 2.32. The summed E-state index contributed by atoms with van der Waals surface area (Å²) >= 11 is 0. The van der Waals surface area contributed by atoms with Gasteiger partial charge in [0, 0.05) is 5.56 Å². The lowest BCUT2D eigenvalue weighted by Gasteiger charge is -2.19. The molecule has 1 unspecified atom stereocenters. The highest BCUT2D eigenvalue weighted by atomic mass is 16.7. The van der Waals surface area contributed by atoms with Crippen molar-refractivity contribution in [3.8, 4) is 5.75 Å². The Balaban J connectivity index is 1.97. The Hall–Kier alpha value is -3.19. The Morgan fingerprint density at radius 1 is 1.00 bits per heavy atom. The van der Waals surface area contributed by atoms with Crippen LogP contribution in [0.3, 0.4) is 0 Å². The first-order chi connectivity index (χ1) is 13.1. The maximum Gasteiger partial charge on any atom is 0.312 e. The van der Waals surface area contributed by atoms with E-state index in [2.05, 4.69) is 0 Å². The molecule has 2 rings (SSSR count). The lowest BCUT2D eigenvalue weighted by molar-refractivity contribution is -0.184. The van der Waals surface area contributed by atoms with E-state index in [1.165, 1.54) is 0 Å². The lowest BCUT2D eigenvalue weighted by Crippen LogP contribution is -2.29. The summed E-state index contributed by atoms with van der Waals surface area (Å²) in [5.41, 5.74) is 1.26. The minimum atomic E-state index is -1.09. The summed E-state index contributed by atoms with van der Waals surface area (Å²) in [7, 11) is 0. The number of para-hydroxylation sites is 1. The fourth-order valence-electron chi connectivity index (χ4n) is 2.32. The molecule has 2 aromatic carbocycles. The normalized spacial score (nSPS) is 11.4. The van der Waals surface area contributed by atoms with Crippen molar-refractivity contribution in [3.63, 3.8) is 0 Å². The van der Waals surface area contributed by atoms with Crippen LogP contribution < -0.4 is 4.74 Å². The molecule has 1 atom stereocenters. The van der Waals surface area contributed by atoms with Gasteiger partial charge in [-0.2, -0.15) is 0 Å². The van der Waals surface area contributed by atoms with Gasteiger partial charge in [-0.05, 0) is 11.6 Å². The van der Waals surface area contributed by atoms with Crippen molar-refractivity contribution in [1.82, 2.24) is 0 Å². The van der Waals surface area contributed by atoms with Gasteiger partial charge in [0.05, 0.1) is 12.8 Å². The zero-order chi connectivity index (χ0) is 19.5. The van der Waals surface area contributed by atoms with Crippen LogP contribution in [0.15, 0.2) is 54.6 Å². The molecule has 0 saturated carbocycles. The van der Waals surface area contributed by atoms with Crippen molar-refractivity contribution in [1.29, 1.82) is 0 Å². The van der Waals surface area contributed by atoms with Crippen molar-refractivity contribution >= 4 is 18.2 Å². The van der Waals surface area contributed by atoms with Crippen molar-refractivity contribution in [2.24, 2.45) is 0 Å². The number of benzene rings is 2. The summed E-state index contributed by atoms with van der Waals surface area (Å²) in [6, 6.07) is 15.7. The number of esters is 1. The standard InChI is InChI=1S/C20H20O7/c21-10-11-25-20(27-19(24)12-15-6-2-1-3-7-15)14-26-17-9-5-4-8-16(17)13-18(22)23/h1-10,20H,11-14H2,(H,22,23). The molecule has 0 aliphatic heterocycles. The summed E-state index contributed by atoms with van der Waals surface area (Å²) < 4.78 is 16.0. The van der Waals surface area contributed by atoms with Gasteiger partial charge in [-0.15, -0.1) is 0 Å². The third kappa shape index (κ3) is 7.29. The number of carboxylic acid groups (broad SMARTS) is 1. The average molecular weight is 372 g/mol. The Labute approximate surface area is 156 Å². The second kappa shape index (κ2) is 10.7. The largest absolute Gasteiger partial charge is 0.487 e. The van der Waals surface area contributed by atoms with Crippen molar-refractivity contribution in [2.45, 2.75) is 19.1 Å². The van der Waals surface area contributed by atoms with Crippen LogP contribution >= 0.6 is 0 Å². The number of ether oxygens (including phenoxy) is 3. The summed E-state index contributed by atoms with van der Waals surface area (Å²) in [5, 5.41) is 8.96. The molecule has 0 aliphatic carbocycles. The van der Waals surface area contributed by atoms with Crippen LogP contribution in [0.5, 0.6) is 5.75 Å². The molecule has 1 N–H and O–H groups in total. The smallest absolute Gasteiger partial charge is 0.312 e. The van der Waals surface area contributed by atoms with Crippen LogP contribution in [-0.4, -0.2) is 42.8 Å². The predicted molar refractivity (Wildman–Crippen MR) is 95.3 cm³/mol. The van der Waals surface area contributed by atoms with Crippen molar-refractivity contribution in [2.75, 3.05) is 13.2 Å². The molecule has 142 valence electrons. The minimum Gasteiger partial charge on any atom is -0.487 e. The van der Waals surface area contributed by atoms with Gasteiger partial charge in [0.1, 0.15) is 18.6 Å². The number of carboxylic acids is 1. The quantitative estimate of drug-likeness (QED) is 0.366. The molecular formula is C20H20O7. The first kappa shape index (κ1) is 20.1. The van der Waals surface area contributed by atoms with Crippen LogP contribution in [0.1, 0.15) is 11.1 Å². The van der Waals surface area contributed by atoms with E-state index in [0.29, 0.717) is 17.6 Å². The van der Waals surface area contributed by atoms with Gasteiger partial charge >= 0.3 is 11.9 Å². The summed E-state index contributed by atoms with van der Waals surface area (Å²) in [4.78, 5) is 33.6. The van der Waals surface area contributed by atoms with Gasteiger partial charge in [-0.25, -0.2) is 0 Å². The van der Waals surface area contributed by atoms with E-state index in [-0.39, 0.29) is 26.1 Å². The van der Waals surface area contributed by atoms with Gasteiger partial charge in [-0.3, -0.25) is 9.59 Å². The number of hydrogen-bond acceptors (Lipinski definition) is 6. The molecular weight excluding hydrogens is 352 g/mol. The molecule has 2 aromatic rings. The first-order valence-corrected chi connectivity index (χ1v) is 8.29.